The Labute approximate surface area is 159 Å². The first kappa shape index (κ1) is 18.3. The van der Waals surface area contributed by atoms with Gasteiger partial charge in [-0.1, -0.05) is 44.7 Å². The zero-order valence-electron chi connectivity index (χ0n) is 15.5. The highest BCUT2D eigenvalue weighted by Gasteiger charge is 2.19. The lowest BCUT2D eigenvalue weighted by molar-refractivity contribution is 0.988. The van der Waals surface area contributed by atoms with Crippen LogP contribution in [-0.2, 0) is 0 Å². The third-order valence-electron chi connectivity index (χ3n) is 4.54. The molecule has 134 valence electrons. The van der Waals surface area contributed by atoms with Gasteiger partial charge in [0.1, 0.15) is 0 Å². The van der Waals surface area contributed by atoms with Gasteiger partial charge >= 0.3 is 0 Å². The number of nitrogens with one attached hydrogen (secondary N) is 2. The Hall–Kier alpha value is -2.52. The number of aromatic amines is 1. The quantitative estimate of drug-likeness (QED) is 0.591. The van der Waals surface area contributed by atoms with Gasteiger partial charge in [-0.05, 0) is 59.0 Å². The molecule has 0 spiro atoms. The van der Waals surface area contributed by atoms with Crippen LogP contribution in [0.4, 0.5) is 5.69 Å². The topological polar surface area (TPSA) is 27.8 Å². The van der Waals surface area contributed by atoms with Crippen molar-refractivity contribution in [3.05, 3.63) is 81.1 Å². The maximum atomic E-state index is 4.46. The van der Waals surface area contributed by atoms with E-state index in [1.807, 2.05) is 6.20 Å². The molecule has 2 heterocycles. The summed E-state index contributed by atoms with van der Waals surface area (Å²) in [5.74, 6) is 0. The van der Waals surface area contributed by atoms with Crippen molar-refractivity contribution in [1.29, 1.82) is 0 Å². The molecule has 2 aromatic heterocycles. The normalized spacial score (nSPS) is 12.9. The standard InChI is InChI=1S/C23H26N2S/c1-5-6-10-21-18(4)24-14-22(21)17(3)23(19-11-12-26-15-19)25-20-9-7-8-16(2)13-20/h7-15,23-25H,3-6H2,1-2H3/b21-10+. The number of thiophene rings is 1. The van der Waals surface area contributed by atoms with Gasteiger partial charge in [0.2, 0.25) is 0 Å². The second kappa shape index (κ2) is 8.24. The van der Waals surface area contributed by atoms with Crippen LogP contribution in [0, 0.1) is 6.92 Å². The highest BCUT2D eigenvalue weighted by molar-refractivity contribution is 7.08. The van der Waals surface area contributed by atoms with E-state index in [1.54, 1.807) is 11.3 Å². The number of hydrogen-bond acceptors (Lipinski definition) is 2. The van der Waals surface area contributed by atoms with Crippen molar-refractivity contribution in [2.24, 2.45) is 0 Å². The Morgan fingerprint density at radius 2 is 2.19 bits per heavy atom. The molecule has 3 aromatic rings. The van der Waals surface area contributed by atoms with Gasteiger partial charge in [0.15, 0.2) is 0 Å². The molecule has 0 saturated heterocycles. The van der Waals surface area contributed by atoms with Crippen LogP contribution in [0.1, 0.15) is 42.5 Å². The fraction of sp³-hybridized carbons (Fsp3) is 0.217. The molecule has 1 unspecified atom stereocenters. The van der Waals surface area contributed by atoms with E-state index in [9.17, 15) is 0 Å². The minimum atomic E-state index is 0.0204. The number of hydrogen-bond donors (Lipinski definition) is 2. The number of aromatic nitrogens is 1. The molecule has 0 saturated carbocycles. The molecule has 1 atom stereocenters. The largest absolute Gasteiger partial charge is 0.374 e. The fourth-order valence-electron chi connectivity index (χ4n) is 3.13. The maximum Gasteiger partial charge on any atom is 0.0776 e. The number of anilines is 1. The van der Waals surface area contributed by atoms with Crippen LogP contribution >= 0.6 is 11.3 Å². The Morgan fingerprint density at radius 3 is 2.88 bits per heavy atom. The third kappa shape index (κ3) is 4.00. The van der Waals surface area contributed by atoms with Crippen LogP contribution in [0.5, 0.6) is 0 Å². The van der Waals surface area contributed by atoms with E-state index in [2.05, 4.69) is 84.5 Å². The van der Waals surface area contributed by atoms with Gasteiger partial charge in [0.05, 0.1) is 6.04 Å². The first-order valence-corrected chi connectivity index (χ1v) is 9.95. The van der Waals surface area contributed by atoms with Crippen LogP contribution in [0.25, 0.3) is 18.2 Å². The van der Waals surface area contributed by atoms with Gasteiger partial charge < -0.3 is 10.3 Å². The molecule has 0 aliphatic heterocycles. The second-order valence-electron chi connectivity index (χ2n) is 6.62. The molecule has 0 radical (unpaired) electrons. The second-order valence-corrected chi connectivity index (χ2v) is 7.40. The Balaban J connectivity index is 2.01. The summed E-state index contributed by atoms with van der Waals surface area (Å²) in [5.41, 5.74) is 5.77. The van der Waals surface area contributed by atoms with Crippen molar-refractivity contribution >= 4 is 35.3 Å². The molecule has 0 bridgehead atoms. The van der Waals surface area contributed by atoms with Gasteiger partial charge in [-0.15, -0.1) is 0 Å². The summed E-state index contributed by atoms with van der Waals surface area (Å²) in [4.78, 5) is 3.27. The maximum absolute atomic E-state index is 4.46. The van der Waals surface area contributed by atoms with Crippen LogP contribution in [0.2, 0.25) is 0 Å². The van der Waals surface area contributed by atoms with Crippen molar-refractivity contribution < 1.29 is 0 Å². The van der Waals surface area contributed by atoms with E-state index in [1.165, 1.54) is 16.3 Å². The average Bonchev–Trinajstić information content (AvgIpc) is 3.27. The highest BCUT2D eigenvalue weighted by Crippen LogP contribution is 2.32. The Bertz CT molecular complexity index is 980. The van der Waals surface area contributed by atoms with Crippen LogP contribution < -0.4 is 15.9 Å². The molecule has 3 rings (SSSR count). The summed E-state index contributed by atoms with van der Waals surface area (Å²) >= 11 is 1.71. The first-order valence-electron chi connectivity index (χ1n) is 9.01. The smallest absolute Gasteiger partial charge is 0.0776 e. The molecule has 3 heteroatoms. The van der Waals surface area contributed by atoms with E-state index < -0.39 is 0 Å². The van der Waals surface area contributed by atoms with Crippen LogP contribution in [0.3, 0.4) is 0 Å². The molecule has 1 aromatic carbocycles. The Kier molecular flexibility index (Phi) is 5.79. The molecule has 26 heavy (non-hydrogen) atoms. The molecular weight excluding hydrogens is 336 g/mol. The zero-order chi connectivity index (χ0) is 18.5. The van der Waals surface area contributed by atoms with Gasteiger partial charge in [-0.25, -0.2) is 0 Å². The minimum Gasteiger partial charge on any atom is -0.374 e. The predicted octanol–water partition coefficient (Wildman–Crippen LogP) is 5.24. The molecular formula is C23H26N2S. The summed E-state index contributed by atoms with van der Waals surface area (Å²) in [6.07, 6.45) is 6.45. The van der Waals surface area contributed by atoms with Crippen molar-refractivity contribution in [3.8, 4) is 0 Å². The summed E-state index contributed by atoms with van der Waals surface area (Å²) < 4.78 is 0. The molecule has 0 amide bonds. The van der Waals surface area contributed by atoms with Crippen molar-refractivity contribution in [1.82, 2.24) is 4.98 Å². The van der Waals surface area contributed by atoms with Gasteiger partial charge in [-0.3, -0.25) is 0 Å². The molecule has 0 aliphatic carbocycles. The lowest BCUT2D eigenvalue weighted by atomic mass is 9.95. The van der Waals surface area contributed by atoms with Gasteiger partial charge in [0, 0.05) is 28.0 Å². The van der Waals surface area contributed by atoms with Gasteiger partial charge in [-0.2, -0.15) is 11.3 Å². The summed E-state index contributed by atoms with van der Waals surface area (Å²) in [6, 6.07) is 10.6. The van der Waals surface area contributed by atoms with Crippen molar-refractivity contribution in [2.75, 3.05) is 5.32 Å². The number of rotatable bonds is 7. The first-order chi connectivity index (χ1) is 12.6. The zero-order valence-corrected chi connectivity index (χ0v) is 16.3. The highest BCUT2D eigenvalue weighted by atomic mass is 32.1. The number of H-pyrrole nitrogens is 1. The van der Waals surface area contributed by atoms with E-state index in [4.69, 9.17) is 0 Å². The molecule has 0 fully saturated rings. The summed E-state index contributed by atoms with van der Waals surface area (Å²) in [5, 5.41) is 10.1. The summed E-state index contributed by atoms with van der Waals surface area (Å²) in [6.45, 7) is 12.9. The molecule has 0 aliphatic rings. The van der Waals surface area contributed by atoms with Gasteiger partial charge in [0.25, 0.3) is 0 Å². The number of unbranched alkanes of at least 4 members (excludes halogenated alkanes) is 1. The number of benzene rings is 1. The van der Waals surface area contributed by atoms with E-state index >= 15 is 0 Å². The van der Waals surface area contributed by atoms with Crippen LogP contribution in [0.15, 0.2) is 53.9 Å². The predicted molar refractivity (Wildman–Crippen MR) is 116 cm³/mol. The van der Waals surface area contributed by atoms with Crippen molar-refractivity contribution in [3.63, 3.8) is 0 Å². The van der Waals surface area contributed by atoms with Crippen LogP contribution in [-0.4, -0.2) is 4.98 Å². The average molecular weight is 363 g/mol. The van der Waals surface area contributed by atoms with E-state index in [-0.39, 0.29) is 6.04 Å². The monoisotopic (exact) mass is 362 g/mol. The minimum absolute atomic E-state index is 0.0204. The lowest BCUT2D eigenvalue weighted by Crippen LogP contribution is -2.25. The summed E-state index contributed by atoms with van der Waals surface area (Å²) in [7, 11) is 0. The van der Waals surface area contributed by atoms with E-state index in [0.29, 0.717) is 0 Å². The Morgan fingerprint density at radius 1 is 1.35 bits per heavy atom. The van der Waals surface area contributed by atoms with E-state index in [0.717, 1.165) is 35.0 Å². The molecule has 2 nitrogen and oxygen atoms in total. The number of aryl methyl sites for hydroxylation is 1. The fourth-order valence-corrected chi connectivity index (χ4v) is 3.82. The van der Waals surface area contributed by atoms with Crippen molar-refractivity contribution in [2.45, 2.75) is 32.7 Å². The SMILES string of the molecule is C=C(c1c[nH]c(=C)/c1=C\CCC)C(Nc1cccc(C)c1)c1ccsc1. The lowest BCUT2D eigenvalue weighted by Gasteiger charge is -2.22. The third-order valence-corrected chi connectivity index (χ3v) is 5.24. The molecule has 2 N–H and O–H groups in total.